The van der Waals surface area contributed by atoms with E-state index in [0.717, 1.165) is 0 Å². The zero-order valence-electron chi connectivity index (χ0n) is 31.9. The number of amides is 4. The Bertz CT molecular complexity index is 2630. The fourth-order valence-electron chi connectivity index (χ4n) is 8.08. The molecular weight excluding hydrogens is 758 g/mol. The van der Waals surface area contributed by atoms with E-state index in [-0.39, 0.29) is 71.9 Å². The number of halogens is 1. The van der Waals surface area contributed by atoms with Crippen LogP contribution in [0.1, 0.15) is 78.2 Å². The molecule has 1 aromatic carbocycles. The summed E-state index contributed by atoms with van der Waals surface area (Å²) < 4.78 is 18.2. The molecule has 7 heterocycles. The number of nitrogens with one attached hydrogen (secondary N) is 1. The van der Waals surface area contributed by atoms with Gasteiger partial charge in [-0.3, -0.25) is 43.3 Å². The molecule has 8 rings (SSSR count). The molecule has 3 aliphatic rings. The lowest BCUT2D eigenvalue weighted by atomic mass is 10.1. The lowest BCUT2D eigenvalue weighted by molar-refractivity contribution is -0.135. The van der Waals surface area contributed by atoms with E-state index >= 15 is 0 Å². The second-order valence-corrected chi connectivity index (χ2v) is 15.2. The number of nitrogens with zero attached hydrogens (tertiary/aromatic N) is 8. The number of para-hydroxylation sites is 1. The highest BCUT2D eigenvalue weighted by Gasteiger charge is 2.38. The van der Waals surface area contributed by atoms with Gasteiger partial charge in [0.15, 0.2) is 5.69 Å². The molecule has 0 aliphatic carbocycles. The van der Waals surface area contributed by atoms with Crippen LogP contribution < -0.4 is 30.9 Å². The third kappa shape index (κ3) is 6.35. The quantitative estimate of drug-likeness (QED) is 0.229. The number of aromatic nitrogens is 6. The Morgan fingerprint density at radius 3 is 2.49 bits per heavy atom. The van der Waals surface area contributed by atoms with Gasteiger partial charge < -0.3 is 23.5 Å². The van der Waals surface area contributed by atoms with Crippen LogP contribution in [0.4, 0.5) is 5.69 Å². The molecule has 1 atom stereocenters. The van der Waals surface area contributed by atoms with Gasteiger partial charge in [0.1, 0.15) is 34.9 Å². The summed E-state index contributed by atoms with van der Waals surface area (Å²) in [5.74, 6) is -0.446. The number of aryl methyl sites for hydroxylation is 2. The number of hydrogen-bond donors (Lipinski definition) is 1. The minimum Gasteiger partial charge on any atom is -0.488 e. The van der Waals surface area contributed by atoms with Gasteiger partial charge in [-0.1, -0.05) is 17.7 Å². The first-order chi connectivity index (χ1) is 27.3. The number of imidazole rings is 2. The largest absolute Gasteiger partial charge is 0.488 e. The van der Waals surface area contributed by atoms with E-state index in [1.165, 1.54) is 44.2 Å². The van der Waals surface area contributed by atoms with Gasteiger partial charge in [0, 0.05) is 64.9 Å². The molecule has 0 spiro atoms. The number of pyridine rings is 2. The fourth-order valence-corrected chi connectivity index (χ4v) is 8.33. The maximum Gasteiger partial charge on any atom is 0.329 e. The summed E-state index contributed by atoms with van der Waals surface area (Å²) in [7, 11) is 4.66. The number of benzene rings is 1. The van der Waals surface area contributed by atoms with Gasteiger partial charge in [-0.2, -0.15) is 0 Å². The van der Waals surface area contributed by atoms with Gasteiger partial charge in [-0.15, -0.1) is 0 Å². The first-order valence-corrected chi connectivity index (χ1v) is 19.0. The number of rotatable bonds is 8. The number of methoxy groups -OCH3 is 1. The third-order valence-corrected chi connectivity index (χ3v) is 11.1. The molecule has 1 N–H and O–H groups in total. The van der Waals surface area contributed by atoms with Gasteiger partial charge in [-0.05, 0) is 44.5 Å². The minimum absolute atomic E-state index is 0.0940. The maximum absolute atomic E-state index is 14.0. The van der Waals surface area contributed by atoms with E-state index < -0.39 is 17.9 Å². The number of likely N-dealkylation sites (tertiary alicyclic amines) is 1. The van der Waals surface area contributed by atoms with Crippen LogP contribution in [-0.4, -0.2) is 83.1 Å². The molecule has 57 heavy (non-hydrogen) atoms. The van der Waals surface area contributed by atoms with Crippen molar-refractivity contribution in [2.45, 2.75) is 64.3 Å². The standard InChI is InChI=1S/C39H40ClN9O8/c1-20(2)48-28-19-47(27-16-22(40)18-44(3)37(27)53)38(54)31(28)43-33(48)24-15-21(17-41-35(24)56-5)36(52)46-13-11-23(12-14-46)57-29-8-6-7-25-32(29)45(4)39(55)49(25)26-9-10-30(50)42-34(26)51/h6-8,15-18,20,23,26H,9-14,19H2,1-5H3,(H,42,50,51). The number of anilines is 1. The van der Waals surface area contributed by atoms with Crippen molar-refractivity contribution < 1.29 is 28.7 Å². The molecule has 4 aromatic heterocycles. The smallest absolute Gasteiger partial charge is 0.329 e. The number of imide groups is 1. The zero-order chi connectivity index (χ0) is 40.4. The summed E-state index contributed by atoms with van der Waals surface area (Å²) >= 11 is 6.24. The highest BCUT2D eigenvalue weighted by atomic mass is 35.5. The summed E-state index contributed by atoms with van der Waals surface area (Å²) in [6, 6.07) is 7.46. The van der Waals surface area contributed by atoms with Crippen molar-refractivity contribution >= 4 is 52.0 Å². The first kappa shape index (κ1) is 37.7. The summed E-state index contributed by atoms with van der Waals surface area (Å²) in [5, 5.41) is 2.64. The average Bonchev–Trinajstić information content (AvgIpc) is 3.81. The van der Waals surface area contributed by atoms with Crippen molar-refractivity contribution in [1.82, 2.24) is 38.5 Å². The van der Waals surface area contributed by atoms with E-state index in [0.29, 0.717) is 70.4 Å². The number of piperidine rings is 2. The fraction of sp³-hybridized carbons (Fsp3) is 0.385. The summed E-state index contributed by atoms with van der Waals surface area (Å²) in [4.78, 5) is 90.9. The van der Waals surface area contributed by atoms with Crippen molar-refractivity contribution in [2.75, 3.05) is 25.1 Å². The minimum atomic E-state index is -0.813. The van der Waals surface area contributed by atoms with Crippen LogP contribution in [0, 0.1) is 0 Å². The summed E-state index contributed by atoms with van der Waals surface area (Å²) in [6.45, 7) is 4.77. The van der Waals surface area contributed by atoms with Crippen LogP contribution in [-0.2, 0) is 30.2 Å². The number of hydrogen-bond acceptors (Lipinski definition) is 10. The van der Waals surface area contributed by atoms with E-state index in [4.69, 9.17) is 26.1 Å². The van der Waals surface area contributed by atoms with Gasteiger partial charge >= 0.3 is 5.69 Å². The van der Waals surface area contributed by atoms with Crippen LogP contribution in [0.15, 0.2) is 52.3 Å². The summed E-state index contributed by atoms with van der Waals surface area (Å²) in [6.07, 6.45) is 4.07. The van der Waals surface area contributed by atoms with Gasteiger partial charge in [0.2, 0.25) is 17.7 Å². The van der Waals surface area contributed by atoms with Crippen LogP contribution in [0.2, 0.25) is 5.02 Å². The molecule has 0 bridgehead atoms. The van der Waals surface area contributed by atoms with Crippen molar-refractivity contribution in [3.8, 4) is 23.0 Å². The topological polar surface area (TPSA) is 185 Å². The molecule has 2 fully saturated rings. The van der Waals surface area contributed by atoms with E-state index in [9.17, 15) is 28.8 Å². The maximum atomic E-state index is 14.0. The molecule has 17 nitrogen and oxygen atoms in total. The highest BCUT2D eigenvalue weighted by Crippen LogP contribution is 2.37. The molecule has 4 amide bonds. The monoisotopic (exact) mass is 797 g/mol. The average molecular weight is 798 g/mol. The Labute approximate surface area is 330 Å². The van der Waals surface area contributed by atoms with Gasteiger partial charge in [-0.25, -0.2) is 14.8 Å². The van der Waals surface area contributed by atoms with Crippen molar-refractivity contribution in [3.05, 3.63) is 85.5 Å². The Morgan fingerprint density at radius 1 is 1.04 bits per heavy atom. The van der Waals surface area contributed by atoms with Crippen molar-refractivity contribution in [1.29, 1.82) is 0 Å². The number of carbonyl (C=O) groups excluding carboxylic acids is 4. The van der Waals surface area contributed by atoms with Crippen LogP contribution in [0.3, 0.4) is 0 Å². The van der Waals surface area contributed by atoms with Crippen LogP contribution in [0.5, 0.6) is 11.6 Å². The SMILES string of the molecule is COc1ncc(C(=O)N2CCC(Oc3cccc4c3n(C)c(=O)n4C3CCC(=O)NC3=O)CC2)cc1-c1nc2c(n1C(C)C)CN(c1cc(Cl)cn(C)c1=O)C2=O. The van der Waals surface area contributed by atoms with E-state index in [1.54, 1.807) is 43.3 Å². The number of fused-ring (bicyclic) bond motifs is 2. The van der Waals surface area contributed by atoms with Gasteiger partial charge in [0.25, 0.3) is 17.4 Å². The molecule has 2 saturated heterocycles. The molecule has 296 valence electrons. The number of ether oxygens (including phenoxy) is 2. The highest BCUT2D eigenvalue weighted by molar-refractivity contribution is 6.30. The lowest BCUT2D eigenvalue weighted by Crippen LogP contribution is -2.44. The lowest BCUT2D eigenvalue weighted by Gasteiger charge is -2.32. The molecule has 0 radical (unpaired) electrons. The Balaban J connectivity index is 1.01. The van der Waals surface area contributed by atoms with Crippen molar-refractivity contribution in [2.24, 2.45) is 14.1 Å². The molecule has 18 heteroatoms. The predicted octanol–water partition coefficient (Wildman–Crippen LogP) is 3.36. The van der Waals surface area contributed by atoms with Crippen LogP contribution >= 0.6 is 11.6 Å². The van der Waals surface area contributed by atoms with Gasteiger partial charge in [0.05, 0.1) is 41.0 Å². The molecule has 3 aliphatic heterocycles. The second kappa shape index (κ2) is 14.4. The molecule has 1 unspecified atom stereocenters. The molecular formula is C39H40ClN9O8. The Hall–Kier alpha value is -6.23. The van der Waals surface area contributed by atoms with E-state index in [2.05, 4.69) is 10.3 Å². The van der Waals surface area contributed by atoms with E-state index in [1.807, 2.05) is 18.4 Å². The first-order valence-electron chi connectivity index (χ1n) is 18.6. The third-order valence-electron chi connectivity index (χ3n) is 10.8. The predicted molar refractivity (Wildman–Crippen MR) is 208 cm³/mol. The van der Waals surface area contributed by atoms with Crippen LogP contribution in [0.25, 0.3) is 22.4 Å². The normalized spacial score (nSPS) is 17.5. The Kier molecular flexibility index (Phi) is 9.50. The molecule has 0 saturated carbocycles. The second-order valence-electron chi connectivity index (χ2n) is 14.7. The number of carbonyl (C=O) groups is 4. The zero-order valence-corrected chi connectivity index (χ0v) is 32.7. The van der Waals surface area contributed by atoms with Crippen molar-refractivity contribution in [3.63, 3.8) is 0 Å². The summed E-state index contributed by atoms with van der Waals surface area (Å²) in [5.41, 5.74) is 2.01. The Morgan fingerprint density at radius 2 is 1.79 bits per heavy atom. The molecule has 5 aromatic rings.